The minimum Gasteiger partial charge on any atom is -0.494 e. The summed E-state index contributed by atoms with van der Waals surface area (Å²) < 4.78 is 11.3. The van der Waals surface area contributed by atoms with Crippen molar-refractivity contribution < 1.29 is 9.47 Å². The van der Waals surface area contributed by atoms with E-state index in [0.717, 1.165) is 29.6 Å². The summed E-state index contributed by atoms with van der Waals surface area (Å²) in [6, 6.07) is 11.4. The molecule has 1 fully saturated rings. The second kappa shape index (κ2) is 10.8. The SMILES string of the molecule is CCOc1ccc(Oc2cc(CNC(=NC)NCC3CCCS3)ccn2)cc1. The smallest absolute Gasteiger partial charge is 0.219 e. The molecule has 2 heterocycles. The van der Waals surface area contributed by atoms with Crippen LogP contribution in [-0.4, -0.2) is 42.1 Å². The third-order valence-corrected chi connectivity index (χ3v) is 5.76. The summed E-state index contributed by atoms with van der Waals surface area (Å²) in [7, 11) is 1.80. The maximum absolute atomic E-state index is 5.86. The lowest BCUT2D eigenvalue weighted by molar-refractivity contribution is 0.339. The number of aliphatic imine (C=N–C) groups is 1. The van der Waals surface area contributed by atoms with Crippen molar-refractivity contribution in [3.8, 4) is 17.4 Å². The second-order valence-corrected chi connectivity index (χ2v) is 7.86. The predicted octanol–water partition coefficient (Wildman–Crippen LogP) is 3.83. The highest BCUT2D eigenvalue weighted by Crippen LogP contribution is 2.25. The Bertz CT molecular complexity index is 761. The molecule has 0 amide bonds. The fourth-order valence-electron chi connectivity index (χ4n) is 2.93. The highest BCUT2D eigenvalue weighted by molar-refractivity contribution is 8.00. The number of hydrogen-bond acceptors (Lipinski definition) is 5. The molecule has 150 valence electrons. The molecule has 2 aromatic rings. The highest BCUT2D eigenvalue weighted by Gasteiger charge is 2.15. The number of benzene rings is 1. The molecule has 0 radical (unpaired) electrons. The van der Waals surface area contributed by atoms with Crippen molar-refractivity contribution in [2.24, 2.45) is 4.99 Å². The first-order valence-corrected chi connectivity index (χ1v) is 10.7. The molecule has 0 bridgehead atoms. The quantitative estimate of drug-likeness (QED) is 0.518. The maximum Gasteiger partial charge on any atom is 0.219 e. The average Bonchev–Trinajstić information content (AvgIpc) is 3.24. The van der Waals surface area contributed by atoms with Gasteiger partial charge in [0.1, 0.15) is 11.5 Å². The Kier molecular flexibility index (Phi) is 7.84. The third kappa shape index (κ3) is 6.34. The molecule has 1 unspecified atom stereocenters. The summed E-state index contributed by atoms with van der Waals surface area (Å²) in [5.41, 5.74) is 1.08. The number of rotatable bonds is 8. The van der Waals surface area contributed by atoms with Gasteiger partial charge in [-0.15, -0.1) is 0 Å². The number of ether oxygens (including phenoxy) is 2. The fourth-order valence-corrected chi connectivity index (χ4v) is 4.13. The van der Waals surface area contributed by atoms with E-state index in [0.29, 0.717) is 24.3 Å². The zero-order valence-electron chi connectivity index (χ0n) is 16.5. The molecule has 7 heteroatoms. The monoisotopic (exact) mass is 400 g/mol. The van der Waals surface area contributed by atoms with Gasteiger partial charge in [-0.05, 0) is 61.4 Å². The van der Waals surface area contributed by atoms with Crippen LogP contribution in [-0.2, 0) is 6.54 Å². The van der Waals surface area contributed by atoms with Gasteiger partial charge in [-0.2, -0.15) is 11.8 Å². The molecule has 0 spiro atoms. The van der Waals surface area contributed by atoms with E-state index in [4.69, 9.17) is 9.47 Å². The Balaban J connectivity index is 1.50. The average molecular weight is 401 g/mol. The van der Waals surface area contributed by atoms with E-state index in [2.05, 4.69) is 20.6 Å². The van der Waals surface area contributed by atoms with E-state index < -0.39 is 0 Å². The number of nitrogens with zero attached hydrogens (tertiary/aromatic N) is 2. The normalized spacial score (nSPS) is 16.6. The van der Waals surface area contributed by atoms with Crippen LogP contribution in [0.5, 0.6) is 17.4 Å². The topological polar surface area (TPSA) is 67.8 Å². The van der Waals surface area contributed by atoms with Crippen LogP contribution in [0.15, 0.2) is 47.6 Å². The number of thioether (sulfide) groups is 1. The zero-order chi connectivity index (χ0) is 19.6. The van der Waals surface area contributed by atoms with Gasteiger partial charge in [0.25, 0.3) is 0 Å². The largest absolute Gasteiger partial charge is 0.494 e. The molecular weight excluding hydrogens is 372 g/mol. The summed E-state index contributed by atoms with van der Waals surface area (Å²) in [6.07, 6.45) is 4.36. The summed E-state index contributed by atoms with van der Waals surface area (Å²) in [6.45, 7) is 4.21. The van der Waals surface area contributed by atoms with Gasteiger partial charge in [0.2, 0.25) is 5.88 Å². The molecule has 1 atom stereocenters. The van der Waals surface area contributed by atoms with E-state index in [1.165, 1.54) is 18.6 Å². The van der Waals surface area contributed by atoms with Gasteiger partial charge in [-0.1, -0.05) is 0 Å². The van der Waals surface area contributed by atoms with Crippen molar-refractivity contribution in [3.63, 3.8) is 0 Å². The molecule has 1 aromatic heterocycles. The molecule has 1 saturated heterocycles. The lowest BCUT2D eigenvalue weighted by Crippen LogP contribution is -2.39. The molecule has 1 aliphatic heterocycles. The Morgan fingerprint density at radius 1 is 1.21 bits per heavy atom. The summed E-state index contributed by atoms with van der Waals surface area (Å²) >= 11 is 2.04. The van der Waals surface area contributed by atoms with Crippen molar-refractivity contribution in [3.05, 3.63) is 48.2 Å². The number of guanidine groups is 1. The molecule has 1 aliphatic rings. The van der Waals surface area contributed by atoms with Crippen molar-refractivity contribution in [2.75, 3.05) is 26.0 Å². The van der Waals surface area contributed by atoms with Gasteiger partial charge in [0.05, 0.1) is 6.61 Å². The van der Waals surface area contributed by atoms with Gasteiger partial charge in [-0.3, -0.25) is 4.99 Å². The van der Waals surface area contributed by atoms with Gasteiger partial charge in [0, 0.05) is 37.7 Å². The Hall–Kier alpha value is -2.41. The molecular formula is C21H28N4O2S. The molecule has 28 heavy (non-hydrogen) atoms. The van der Waals surface area contributed by atoms with Crippen LogP contribution in [0.2, 0.25) is 0 Å². The van der Waals surface area contributed by atoms with Crippen LogP contribution < -0.4 is 20.1 Å². The molecule has 1 aromatic carbocycles. The number of hydrogen-bond donors (Lipinski definition) is 2. The lowest BCUT2D eigenvalue weighted by atomic mass is 10.2. The van der Waals surface area contributed by atoms with Crippen LogP contribution in [0.3, 0.4) is 0 Å². The summed E-state index contributed by atoms with van der Waals surface area (Å²) in [5.74, 6) is 4.21. The summed E-state index contributed by atoms with van der Waals surface area (Å²) in [4.78, 5) is 8.60. The molecule has 6 nitrogen and oxygen atoms in total. The number of aromatic nitrogens is 1. The van der Waals surface area contributed by atoms with Crippen LogP contribution >= 0.6 is 11.8 Å². The minimum atomic E-state index is 0.564. The molecule has 0 aliphatic carbocycles. The fraction of sp³-hybridized carbons (Fsp3) is 0.429. The van der Waals surface area contributed by atoms with Crippen molar-refractivity contribution >= 4 is 17.7 Å². The lowest BCUT2D eigenvalue weighted by Gasteiger charge is -2.15. The highest BCUT2D eigenvalue weighted by atomic mass is 32.2. The van der Waals surface area contributed by atoms with E-state index in [1.54, 1.807) is 13.2 Å². The molecule has 0 saturated carbocycles. The first-order valence-electron chi connectivity index (χ1n) is 9.68. The first-order chi connectivity index (χ1) is 13.8. The van der Waals surface area contributed by atoms with Crippen molar-refractivity contribution in [2.45, 2.75) is 31.6 Å². The van der Waals surface area contributed by atoms with Crippen LogP contribution in [0.1, 0.15) is 25.3 Å². The minimum absolute atomic E-state index is 0.564. The predicted molar refractivity (Wildman–Crippen MR) is 116 cm³/mol. The third-order valence-electron chi connectivity index (χ3n) is 4.36. The van der Waals surface area contributed by atoms with Gasteiger partial charge >= 0.3 is 0 Å². The van der Waals surface area contributed by atoms with Crippen LogP contribution in [0.25, 0.3) is 0 Å². The Morgan fingerprint density at radius 2 is 2.04 bits per heavy atom. The molecule has 2 N–H and O–H groups in total. The van der Waals surface area contributed by atoms with Gasteiger partial charge < -0.3 is 20.1 Å². The second-order valence-electron chi connectivity index (χ2n) is 6.45. The number of pyridine rings is 1. The van der Waals surface area contributed by atoms with Gasteiger partial charge in [-0.25, -0.2) is 4.98 Å². The van der Waals surface area contributed by atoms with E-state index in [9.17, 15) is 0 Å². The van der Waals surface area contributed by atoms with Crippen LogP contribution in [0.4, 0.5) is 0 Å². The number of nitrogens with one attached hydrogen (secondary N) is 2. The maximum atomic E-state index is 5.86. The zero-order valence-corrected chi connectivity index (χ0v) is 17.3. The van der Waals surface area contributed by atoms with E-state index in [1.807, 2.05) is 55.1 Å². The van der Waals surface area contributed by atoms with E-state index in [-0.39, 0.29) is 0 Å². The van der Waals surface area contributed by atoms with Crippen molar-refractivity contribution in [1.29, 1.82) is 0 Å². The van der Waals surface area contributed by atoms with Crippen LogP contribution in [0, 0.1) is 0 Å². The van der Waals surface area contributed by atoms with E-state index >= 15 is 0 Å². The van der Waals surface area contributed by atoms with Crippen molar-refractivity contribution in [1.82, 2.24) is 15.6 Å². The standard InChI is InChI=1S/C21H28N4O2S/c1-3-26-17-6-8-18(9-7-17)27-20-13-16(10-11-23-20)14-24-21(22-2)25-15-19-5-4-12-28-19/h6-11,13,19H,3-5,12,14-15H2,1-2H3,(H2,22,24,25). The Morgan fingerprint density at radius 3 is 2.75 bits per heavy atom. The summed E-state index contributed by atoms with van der Waals surface area (Å²) in [5, 5.41) is 7.45. The van der Waals surface area contributed by atoms with Gasteiger partial charge in [0.15, 0.2) is 5.96 Å². The molecule has 3 rings (SSSR count). The first kappa shape index (κ1) is 20.3. The Labute approximate surface area is 171 Å².